The normalized spacial score (nSPS) is 22.0. The van der Waals surface area contributed by atoms with Crippen molar-refractivity contribution in [3.63, 3.8) is 0 Å². The highest BCUT2D eigenvalue weighted by Gasteiger charge is 2.35. The minimum atomic E-state index is -0.229. The Labute approximate surface area is 160 Å². The third-order valence-electron chi connectivity index (χ3n) is 5.03. The van der Waals surface area contributed by atoms with Crippen LogP contribution in [0.2, 0.25) is 5.02 Å². The number of aliphatic hydroxyl groups excluding tert-OH is 1. The number of quaternary nitrogens is 1. The molecule has 138 valence electrons. The van der Waals surface area contributed by atoms with E-state index in [1.54, 1.807) is 4.52 Å². The number of hydrogen-bond acceptors (Lipinski definition) is 5. The molecule has 0 saturated carbocycles. The van der Waals surface area contributed by atoms with Crippen molar-refractivity contribution in [1.29, 1.82) is 0 Å². The number of aromatic nitrogens is 3. The standard InChI is InChI=1S/C18H21ClN4O2S/c1-2-14-20-18-23(21-14)17(25)16(26-18)15(11-3-5-12(19)6-4-11)22-9-7-13(24)8-10-22/h3-6,13,15,24-25H,2,7-10H2,1H3/p+1/t15-/m1/s1. The van der Waals surface area contributed by atoms with Crippen LogP contribution in [-0.4, -0.2) is 44.0 Å². The van der Waals surface area contributed by atoms with Gasteiger partial charge in [-0.25, -0.2) is 4.98 Å². The fourth-order valence-corrected chi connectivity index (χ4v) is 4.90. The van der Waals surface area contributed by atoms with Crippen molar-refractivity contribution >= 4 is 27.9 Å². The molecule has 4 rings (SSSR count). The number of benzene rings is 1. The monoisotopic (exact) mass is 393 g/mol. The van der Waals surface area contributed by atoms with Crippen molar-refractivity contribution in [2.24, 2.45) is 0 Å². The van der Waals surface area contributed by atoms with E-state index in [4.69, 9.17) is 11.6 Å². The zero-order valence-corrected chi connectivity index (χ0v) is 16.1. The van der Waals surface area contributed by atoms with Gasteiger partial charge in [-0.1, -0.05) is 42.0 Å². The largest absolute Gasteiger partial charge is 0.492 e. The number of thiazole rings is 1. The Kier molecular flexibility index (Phi) is 4.88. The summed E-state index contributed by atoms with van der Waals surface area (Å²) in [7, 11) is 0. The number of nitrogens with zero attached hydrogens (tertiary/aromatic N) is 3. The van der Waals surface area contributed by atoms with Crippen LogP contribution in [0, 0.1) is 0 Å². The molecule has 0 radical (unpaired) electrons. The average Bonchev–Trinajstić information content (AvgIpc) is 3.18. The van der Waals surface area contributed by atoms with Gasteiger partial charge in [-0.3, -0.25) is 0 Å². The van der Waals surface area contributed by atoms with Crippen molar-refractivity contribution in [2.75, 3.05) is 13.1 Å². The van der Waals surface area contributed by atoms with Gasteiger partial charge >= 0.3 is 0 Å². The SMILES string of the molecule is CCc1nc2sc([C@@H](c3ccc(Cl)cc3)[NH+]3CCC(O)CC3)c(O)n2n1. The van der Waals surface area contributed by atoms with Crippen LogP contribution in [0.3, 0.4) is 0 Å². The molecule has 3 aromatic rings. The molecule has 8 heteroatoms. The lowest BCUT2D eigenvalue weighted by molar-refractivity contribution is -0.931. The number of piperidine rings is 1. The lowest BCUT2D eigenvalue weighted by Gasteiger charge is -2.33. The minimum absolute atomic E-state index is 0.0293. The molecule has 2 aromatic heterocycles. The van der Waals surface area contributed by atoms with Crippen LogP contribution >= 0.6 is 22.9 Å². The molecule has 0 unspecified atom stereocenters. The molecule has 0 spiro atoms. The number of aryl methyl sites for hydroxylation is 1. The quantitative estimate of drug-likeness (QED) is 0.632. The lowest BCUT2D eigenvalue weighted by Crippen LogP contribution is -3.13. The Balaban J connectivity index is 1.78. The van der Waals surface area contributed by atoms with Crippen LogP contribution in [0.5, 0.6) is 5.88 Å². The van der Waals surface area contributed by atoms with Crippen molar-refractivity contribution in [2.45, 2.75) is 38.3 Å². The average molecular weight is 394 g/mol. The van der Waals surface area contributed by atoms with E-state index in [1.165, 1.54) is 16.2 Å². The van der Waals surface area contributed by atoms with Gasteiger partial charge in [0, 0.05) is 29.8 Å². The van der Waals surface area contributed by atoms with Crippen LogP contribution in [0.25, 0.3) is 4.96 Å². The zero-order valence-electron chi connectivity index (χ0n) is 14.5. The van der Waals surface area contributed by atoms with Crippen LogP contribution in [0.4, 0.5) is 0 Å². The summed E-state index contributed by atoms with van der Waals surface area (Å²) in [6.45, 7) is 3.70. The molecule has 1 fully saturated rings. The first-order valence-corrected chi connectivity index (χ1v) is 10.1. The van der Waals surface area contributed by atoms with Crippen LogP contribution in [-0.2, 0) is 6.42 Å². The minimum Gasteiger partial charge on any atom is -0.492 e. The molecule has 6 nitrogen and oxygen atoms in total. The van der Waals surface area contributed by atoms with E-state index >= 15 is 0 Å². The first-order valence-electron chi connectivity index (χ1n) is 8.92. The topological polar surface area (TPSA) is 75.1 Å². The Morgan fingerprint density at radius 3 is 2.62 bits per heavy atom. The van der Waals surface area contributed by atoms with Crippen LogP contribution < -0.4 is 4.90 Å². The van der Waals surface area contributed by atoms with Gasteiger partial charge in [0.15, 0.2) is 11.9 Å². The Bertz CT molecular complexity index is 900. The number of rotatable bonds is 4. The number of aliphatic hydroxyl groups is 1. The van der Waals surface area contributed by atoms with E-state index in [0.29, 0.717) is 9.98 Å². The molecule has 0 aliphatic carbocycles. The maximum atomic E-state index is 10.8. The van der Waals surface area contributed by atoms with E-state index < -0.39 is 0 Å². The van der Waals surface area contributed by atoms with Gasteiger partial charge in [0.25, 0.3) is 0 Å². The fourth-order valence-electron chi connectivity index (χ4n) is 3.62. The molecular weight excluding hydrogens is 372 g/mol. The Hall–Kier alpha value is -1.67. The molecule has 3 N–H and O–H groups in total. The van der Waals surface area contributed by atoms with E-state index in [2.05, 4.69) is 10.1 Å². The maximum absolute atomic E-state index is 10.8. The summed E-state index contributed by atoms with van der Waals surface area (Å²) in [5.41, 5.74) is 1.09. The van der Waals surface area contributed by atoms with Crippen molar-refractivity contribution in [3.05, 3.63) is 45.6 Å². The molecule has 1 atom stereocenters. The van der Waals surface area contributed by atoms with Crippen LogP contribution in [0.1, 0.15) is 42.1 Å². The van der Waals surface area contributed by atoms with Gasteiger partial charge < -0.3 is 15.1 Å². The maximum Gasteiger partial charge on any atom is 0.235 e. The first kappa shape index (κ1) is 17.7. The number of aromatic hydroxyl groups is 1. The molecule has 1 aliphatic rings. The Morgan fingerprint density at radius 1 is 1.31 bits per heavy atom. The summed E-state index contributed by atoms with van der Waals surface area (Å²) in [5.74, 6) is 0.894. The number of nitrogens with one attached hydrogen (secondary N) is 1. The van der Waals surface area contributed by atoms with Gasteiger partial charge in [0.05, 0.1) is 19.2 Å². The number of likely N-dealkylation sites (tertiary alicyclic amines) is 1. The van der Waals surface area contributed by atoms with Gasteiger partial charge in [-0.05, 0) is 12.1 Å². The zero-order chi connectivity index (χ0) is 18.3. The molecular formula is C18H22ClN4O2S+. The summed E-state index contributed by atoms with van der Waals surface area (Å²) < 4.78 is 1.54. The van der Waals surface area contributed by atoms with Gasteiger partial charge in [0.1, 0.15) is 4.88 Å². The third kappa shape index (κ3) is 3.20. The van der Waals surface area contributed by atoms with Gasteiger partial charge in [0.2, 0.25) is 10.8 Å². The molecule has 0 bridgehead atoms. The molecule has 0 amide bonds. The van der Waals surface area contributed by atoms with Crippen molar-refractivity contribution < 1.29 is 15.1 Å². The Morgan fingerprint density at radius 2 is 2.00 bits per heavy atom. The second-order valence-electron chi connectivity index (χ2n) is 6.74. The molecule has 1 saturated heterocycles. The summed E-state index contributed by atoms with van der Waals surface area (Å²) in [4.78, 5) is 7.40. The van der Waals surface area contributed by atoms with E-state index in [-0.39, 0.29) is 18.0 Å². The summed E-state index contributed by atoms with van der Waals surface area (Å²) in [6.07, 6.45) is 2.04. The van der Waals surface area contributed by atoms with E-state index in [0.717, 1.165) is 48.6 Å². The van der Waals surface area contributed by atoms with Gasteiger partial charge in [-0.2, -0.15) is 4.52 Å². The fraction of sp³-hybridized carbons (Fsp3) is 0.444. The highest BCUT2D eigenvalue weighted by Crippen LogP contribution is 2.35. The molecule has 1 aromatic carbocycles. The molecule has 1 aliphatic heterocycles. The summed E-state index contributed by atoms with van der Waals surface area (Å²) >= 11 is 7.55. The highest BCUT2D eigenvalue weighted by molar-refractivity contribution is 7.17. The van der Waals surface area contributed by atoms with Crippen molar-refractivity contribution in [3.8, 4) is 5.88 Å². The number of fused-ring (bicyclic) bond motifs is 1. The lowest BCUT2D eigenvalue weighted by atomic mass is 9.99. The second-order valence-corrected chi connectivity index (χ2v) is 8.19. The molecule has 26 heavy (non-hydrogen) atoms. The predicted octanol–water partition coefficient (Wildman–Crippen LogP) is 1.84. The predicted molar refractivity (Wildman–Crippen MR) is 101 cm³/mol. The number of hydrogen-bond donors (Lipinski definition) is 3. The summed E-state index contributed by atoms with van der Waals surface area (Å²) in [6, 6.07) is 7.75. The smallest absolute Gasteiger partial charge is 0.235 e. The third-order valence-corrected chi connectivity index (χ3v) is 6.37. The highest BCUT2D eigenvalue weighted by atomic mass is 35.5. The van der Waals surface area contributed by atoms with Crippen molar-refractivity contribution in [1.82, 2.24) is 14.6 Å². The first-order chi connectivity index (χ1) is 12.6. The van der Waals surface area contributed by atoms with Gasteiger partial charge in [-0.15, -0.1) is 5.10 Å². The van der Waals surface area contributed by atoms with Crippen LogP contribution in [0.15, 0.2) is 24.3 Å². The van der Waals surface area contributed by atoms with E-state index in [1.807, 2.05) is 31.2 Å². The second kappa shape index (κ2) is 7.15. The van der Waals surface area contributed by atoms with E-state index in [9.17, 15) is 10.2 Å². The summed E-state index contributed by atoms with van der Waals surface area (Å²) in [5, 5.41) is 25.8. The number of halogens is 1. The molecule has 3 heterocycles.